The molecule has 0 saturated carbocycles. The maximum atomic E-state index is 13.3. The monoisotopic (exact) mass is 288 g/mol. The predicted octanol–water partition coefficient (Wildman–Crippen LogP) is 0.943. The van der Waals surface area contributed by atoms with Crippen LogP contribution in [0.25, 0.3) is 0 Å². The molecule has 1 fully saturated rings. The molecule has 0 radical (unpaired) electrons. The number of hydrogen-bond acceptors (Lipinski definition) is 4. The maximum absolute atomic E-state index is 13.3. The molecule has 1 unspecified atom stereocenters. The van der Waals surface area contributed by atoms with Crippen LogP contribution in [0.15, 0.2) is 23.1 Å². The van der Waals surface area contributed by atoms with E-state index in [2.05, 4.69) is 0 Å². The summed E-state index contributed by atoms with van der Waals surface area (Å²) < 4.78 is 39.2. The SMILES string of the molecule is CC1(O)CCCN(S(=O)(=O)c2cc(N)cc(F)c2)C1. The smallest absolute Gasteiger partial charge is 0.243 e. The quantitative estimate of drug-likeness (QED) is 0.793. The van der Waals surface area contributed by atoms with Gasteiger partial charge in [0.25, 0.3) is 0 Å². The fourth-order valence-electron chi connectivity index (χ4n) is 2.26. The molecule has 1 aliphatic rings. The predicted molar refractivity (Wildman–Crippen MR) is 69.4 cm³/mol. The van der Waals surface area contributed by atoms with Gasteiger partial charge in [-0.1, -0.05) is 0 Å². The molecule has 2 rings (SSSR count). The molecule has 0 bridgehead atoms. The Labute approximate surface area is 111 Å². The van der Waals surface area contributed by atoms with Gasteiger partial charge in [-0.25, -0.2) is 12.8 Å². The molecular formula is C12H17FN2O3S. The third-order valence-electron chi connectivity index (χ3n) is 3.17. The average Bonchev–Trinajstić information content (AvgIpc) is 2.26. The Morgan fingerprint density at radius 1 is 1.42 bits per heavy atom. The van der Waals surface area contributed by atoms with E-state index in [1.54, 1.807) is 6.92 Å². The van der Waals surface area contributed by atoms with Crippen molar-refractivity contribution in [2.75, 3.05) is 18.8 Å². The van der Waals surface area contributed by atoms with Gasteiger partial charge in [-0.3, -0.25) is 0 Å². The molecule has 0 spiro atoms. The zero-order valence-corrected chi connectivity index (χ0v) is 11.5. The normalized spacial score (nSPS) is 25.4. The van der Waals surface area contributed by atoms with E-state index in [4.69, 9.17) is 5.73 Å². The first-order chi connectivity index (χ1) is 8.71. The van der Waals surface area contributed by atoms with Crippen LogP contribution >= 0.6 is 0 Å². The summed E-state index contributed by atoms with van der Waals surface area (Å²) >= 11 is 0. The number of hydrogen-bond donors (Lipinski definition) is 2. The first-order valence-electron chi connectivity index (χ1n) is 5.99. The highest BCUT2D eigenvalue weighted by Gasteiger charge is 2.35. The van der Waals surface area contributed by atoms with Crippen LogP contribution in [0.2, 0.25) is 0 Å². The number of piperidine rings is 1. The van der Waals surface area contributed by atoms with Gasteiger partial charge in [-0.2, -0.15) is 4.31 Å². The molecule has 1 saturated heterocycles. The summed E-state index contributed by atoms with van der Waals surface area (Å²) in [4.78, 5) is -0.178. The number of halogens is 1. The second-order valence-corrected chi connectivity index (χ2v) is 7.10. The standard InChI is InChI=1S/C12H17FN2O3S/c1-12(16)3-2-4-15(8-12)19(17,18)11-6-9(13)5-10(14)7-11/h5-7,16H,2-4,8,14H2,1H3. The fraction of sp³-hybridized carbons (Fsp3) is 0.500. The first kappa shape index (κ1) is 14.2. The highest BCUT2D eigenvalue weighted by atomic mass is 32.2. The summed E-state index contributed by atoms with van der Waals surface area (Å²) in [6.07, 6.45) is 1.11. The minimum atomic E-state index is -3.82. The Balaban J connectivity index is 2.36. The summed E-state index contributed by atoms with van der Waals surface area (Å²) in [5.41, 5.74) is 4.47. The van der Waals surface area contributed by atoms with E-state index >= 15 is 0 Å². The Morgan fingerprint density at radius 3 is 2.68 bits per heavy atom. The Hall–Kier alpha value is -1.18. The molecule has 1 aliphatic heterocycles. The highest BCUT2D eigenvalue weighted by Crippen LogP contribution is 2.27. The number of nitrogens with two attached hydrogens (primary N) is 1. The topological polar surface area (TPSA) is 83.6 Å². The number of nitrogen functional groups attached to an aromatic ring is 1. The van der Waals surface area contributed by atoms with Crippen molar-refractivity contribution in [1.29, 1.82) is 0 Å². The van der Waals surface area contributed by atoms with Crippen molar-refractivity contribution < 1.29 is 17.9 Å². The van der Waals surface area contributed by atoms with Crippen LogP contribution in [-0.2, 0) is 10.0 Å². The molecule has 106 valence electrons. The van der Waals surface area contributed by atoms with Crippen molar-refractivity contribution in [1.82, 2.24) is 4.31 Å². The van der Waals surface area contributed by atoms with E-state index in [1.165, 1.54) is 10.4 Å². The lowest BCUT2D eigenvalue weighted by atomic mass is 9.97. The van der Waals surface area contributed by atoms with Gasteiger partial charge in [0.2, 0.25) is 10.0 Å². The third-order valence-corrected chi connectivity index (χ3v) is 4.99. The second-order valence-electron chi connectivity index (χ2n) is 5.16. The molecule has 3 N–H and O–H groups in total. The van der Waals surface area contributed by atoms with Crippen LogP contribution in [0.4, 0.5) is 10.1 Å². The van der Waals surface area contributed by atoms with E-state index in [1.807, 2.05) is 0 Å². The number of sulfonamides is 1. The lowest BCUT2D eigenvalue weighted by Gasteiger charge is -2.35. The van der Waals surface area contributed by atoms with Crippen LogP contribution in [0, 0.1) is 5.82 Å². The summed E-state index contributed by atoms with van der Waals surface area (Å²) in [7, 11) is -3.82. The van der Waals surface area contributed by atoms with Crippen LogP contribution in [0.3, 0.4) is 0 Å². The summed E-state index contributed by atoms with van der Waals surface area (Å²) in [5.74, 6) is -0.692. The van der Waals surface area contributed by atoms with E-state index in [0.717, 1.165) is 12.1 Å². The highest BCUT2D eigenvalue weighted by molar-refractivity contribution is 7.89. The third kappa shape index (κ3) is 3.05. The maximum Gasteiger partial charge on any atom is 0.243 e. The van der Waals surface area contributed by atoms with Crippen LogP contribution in [0.5, 0.6) is 0 Å². The number of nitrogens with zero attached hydrogens (tertiary/aromatic N) is 1. The lowest BCUT2D eigenvalue weighted by molar-refractivity contribution is 0.00940. The van der Waals surface area contributed by atoms with Gasteiger partial charge in [0.1, 0.15) is 5.82 Å². The molecule has 7 heteroatoms. The van der Waals surface area contributed by atoms with E-state index in [9.17, 15) is 17.9 Å². The molecule has 1 aromatic rings. The lowest BCUT2D eigenvalue weighted by Crippen LogP contribution is -2.48. The summed E-state index contributed by atoms with van der Waals surface area (Å²) in [6.45, 7) is 1.91. The van der Waals surface area contributed by atoms with Crippen LogP contribution in [0.1, 0.15) is 19.8 Å². The molecule has 1 atom stereocenters. The number of β-amino-alcohol motifs (C(OH)–C–C–N with tert-alkyl or cyclic N) is 1. The minimum absolute atomic E-state index is 0.00571. The van der Waals surface area contributed by atoms with Crippen molar-refractivity contribution in [3.05, 3.63) is 24.0 Å². The van der Waals surface area contributed by atoms with Crippen molar-refractivity contribution in [3.63, 3.8) is 0 Å². The molecular weight excluding hydrogens is 271 g/mol. The zero-order valence-electron chi connectivity index (χ0n) is 10.6. The number of benzene rings is 1. The largest absolute Gasteiger partial charge is 0.399 e. The summed E-state index contributed by atoms with van der Waals surface area (Å²) in [5, 5.41) is 9.96. The summed E-state index contributed by atoms with van der Waals surface area (Å²) in [6, 6.07) is 3.22. The van der Waals surface area contributed by atoms with Gasteiger partial charge in [0.05, 0.1) is 10.5 Å². The van der Waals surface area contributed by atoms with Crippen LogP contribution in [-0.4, -0.2) is 36.5 Å². The molecule has 19 heavy (non-hydrogen) atoms. The molecule has 5 nitrogen and oxygen atoms in total. The average molecular weight is 288 g/mol. The molecule has 0 amide bonds. The van der Waals surface area contributed by atoms with Gasteiger partial charge >= 0.3 is 0 Å². The first-order valence-corrected chi connectivity index (χ1v) is 7.43. The van der Waals surface area contributed by atoms with Gasteiger partial charge in [0, 0.05) is 18.8 Å². The molecule has 1 aromatic carbocycles. The minimum Gasteiger partial charge on any atom is -0.399 e. The molecule has 0 aliphatic carbocycles. The number of anilines is 1. The van der Waals surface area contributed by atoms with E-state index in [0.29, 0.717) is 19.4 Å². The second kappa shape index (κ2) is 4.73. The van der Waals surface area contributed by atoms with Crippen molar-refractivity contribution in [2.24, 2.45) is 0 Å². The number of aliphatic hydroxyl groups is 1. The van der Waals surface area contributed by atoms with Gasteiger partial charge in [-0.15, -0.1) is 0 Å². The van der Waals surface area contributed by atoms with Gasteiger partial charge < -0.3 is 10.8 Å². The van der Waals surface area contributed by atoms with Crippen LogP contribution < -0.4 is 5.73 Å². The zero-order chi connectivity index (χ0) is 14.3. The van der Waals surface area contributed by atoms with Crippen molar-refractivity contribution in [3.8, 4) is 0 Å². The molecule has 1 heterocycles. The Morgan fingerprint density at radius 2 is 2.11 bits per heavy atom. The molecule has 0 aromatic heterocycles. The Kier molecular flexibility index (Phi) is 3.55. The van der Waals surface area contributed by atoms with Crippen molar-refractivity contribution in [2.45, 2.75) is 30.3 Å². The van der Waals surface area contributed by atoms with Gasteiger partial charge in [-0.05, 0) is 38.0 Å². The van der Waals surface area contributed by atoms with E-state index < -0.39 is 21.4 Å². The van der Waals surface area contributed by atoms with Crippen molar-refractivity contribution >= 4 is 15.7 Å². The fourth-order valence-corrected chi connectivity index (χ4v) is 3.92. The number of rotatable bonds is 2. The van der Waals surface area contributed by atoms with E-state index in [-0.39, 0.29) is 17.1 Å². The Bertz CT molecular complexity index is 566. The van der Waals surface area contributed by atoms with Gasteiger partial charge in [0.15, 0.2) is 0 Å².